The molecule has 0 bridgehead atoms. The topological polar surface area (TPSA) is 62.0 Å². The molecule has 0 radical (unpaired) electrons. The van der Waals surface area contributed by atoms with Crippen molar-refractivity contribution >= 4 is 16.8 Å². The third-order valence-corrected chi connectivity index (χ3v) is 2.73. The predicted molar refractivity (Wildman–Crippen MR) is 67.0 cm³/mol. The maximum absolute atomic E-state index is 11.7. The third kappa shape index (κ3) is 2.53. The van der Waals surface area contributed by atoms with E-state index in [4.69, 9.17) is 0 Å². The summed E-state index contributed by atoms with van der Waals surface area (Å²) < 4.78 is 0. The van der Waals surface area contributed by atoms with Gasteiger partial charge < -0.3 is 10.3 Å². The van der Waals surface area contributed by atoms with Gasteiger partial charge in [0.05, 0.1) is 0 Å². The third-order valence-electron chi connectivity index (χ3n) is 2.73. The molecule has 0 saturated heterocycles. The molecule has 0 aliphatic rings. The number of aryl methyl sites for hydroxylation is 1. The van der Waals surface area contributed by atoms with Crippen LogP contribution in [0.15, 0.2) is 35.1 Å². The van der Waals surface area contributed by atoms with Gasteiger partial charge in [-0.25, -0.2) is 0 Å². The van der Waals surface area contributed by atoms with Crippen molar-refractivity contribution in [3.8, 4) is 0 Å². The van der Waals surface area contributed by atoms with Crippen LogP contribution in [0.25, 0.3) is 10.9 Å². The summed E-state index contributed by atoms with van der Waals surface area (Å²) in [5, 5.41) is 3.53. The van der Waals surface area contributed by atoms with Crippen LogP contribution in [0.3, 0.4) is 0 Å². The van der Waals surface area contributed by atoms with Gasteiger partial charge in [-0.1, -0.05) is 18.2 Å². The number of rotatable bonds is 3. The zero-order valence-electron chi connectivity index (χ0n) is 9.62. The van der Waals surface area contributed by atoms with Gasteiger partial charge in [0, 0.05) is 24.5 Å². The highest BCUT2D eigenvalue weighted by molar-refractivity contribution is 5.79. The number of benzene rings is 1. The summed E-state index contributed by atoms with van der Waals surface area (Å²) in [6.07, 6.45) is 0.789. The number of carbonyl (C=O) groups is 1. The van der Waals surface area contributed by atoms with Crippen LogP contribution in [0, 0.1) is 0 Å². The molecule has 1 heterocycles. The molecule has 4 nitrogen and oxygen atoms in total. The molecule has 1 amide bonds. The number of nitrogens with one attached hydrogen (secondary N) is 2. The van der Waals surface area contributed by atoms with Gasteiger partial charge in [-0.3, -0.25) is 9.59 Å². The Kier molecular flexibility index (Phi) is 3.23. The number of aromatic amines is 1. The lowest BCUT2D eigenvalue weighted by atomic mass is 10.1. The van der Waals surface area contributed by atoms with Crippen molar-refractivity contribution in [2.45, 2.75) is 12.8 Å². The zero-order valence-corrected chi connectivity index (χ0v) is 9.62. The number of carbonyl (C=O) groups excluding carboxylic acids is 1. The van der Waals surface area contributed by atoms with Gasteiger partial charge in [0.15, 0.2) is 0 Å². The Morgan fingerprint density at radius 1 is 1.35 bits per heavy atom. The highest BCUT2D eigenvalue weighted by Crippen LogP contribution is 2.10. The van der Waals surface area contributed by atoms with E-state index in [1.165, 1.54) is 0 Å². The Hall–Kier alpha value is -2.10. The van der Waals surface area contributed by atoms with E-state index in [9.17, 15) is 9.59 Å². The minimum Gasteiger partial charge on any atom is -0.359 e. The van der Waals surface area contributed by atoms with Crippen molar-refractivity contribution in [1.29, 1.82) is 0 Å². The van der Waals surface area contributed by atoms with Crippen molar-refractivity contribution in [1.82, 2.24) is 10.3 Å². The molecule has 17 heavy (non-hydrogen) atoms. The summed E-state index contributed by atoms with van der Waals surface area (Å²) >= 11 is 0. The molecular formula is C13H14N2O2. The average Bonchev–Trinajstić information content (AvgIpc) is 2.35. The Morgan fingerprint density at radius 2 is 2.12 bits per heavy atom. The molecule has 0 aliphatic carbocycles. The fourth-order valence-corrected chi connectivity index (χ4v) is 1.75. The maximum Gasteiger partial charge on any atom is 0.251 e. The molecule has 4 heteroatoms. The largest absolute Gasteiger partial charge is 0.359 e. The monoisotopic (exact) mass is 230 g/mol. The second-order valence-corrected chi connectivity index (χ2v) is 3.88. The summed E-state index contributed by atoms with van der Waals surface area (Å²) in [6.45, 7) is 0. The number of hydrogen-bond donors (Lipinski definition) is 2. The Labute approximate surface area is 98.7 Å². The number of para-hydroxylation sites is 1. The number of pyridine rings is 1. The summed E-state index contributed by atoms with van der Waals surface area (Å²) in [4.78, 5) is 25.7. The Balaban J connectivity index is 2.31. The first-order chi connectivity index (χ1) is 8.20. The summed E-state index contributed by atoms with van der Waals surface area (Å²) in [5.41, 5.74) is 1.35. The van der Waals surface area contributed by atoms with Gasteiger partial charge in [0.2, 0.25) is 5.91 Å². The fourth-order valence-electron chi connectivity index (χ4n) is 1.75. The van der Waals surface area contributed by atoms with Crippen LogP contribution in [0.1, 0.15) is 12.0 Å². The van der Waals surface area contributed by atoms with E-state index in [1.807, 2.05) is 30.3 Å². The molecule has 88 valence electrons. The van der Waals surface area contributed by atoms with Crippen LogP contribution in [-0.2, 0) is 11.2 Å². The van der Waals surface area contributed by atoms with Crippen molar-refractivity contribution in [3.05, 3.63) is 46.2 Å². The molecule has 0 unspecified atom stereocenters. The van der Waals surface area contributed by atoms with Crippen LogP contribution in [-0.4, -0.2) is 17.9 Å². The van der Waals surface area contributed by atoms with Crippen molar-refractivity contribution in [3.63, 3.8) is 0 Å². The van der Waals surface area contributed by atoms with Gasteiger partial charge in [0.25, 0.3) is 5.56 Å². The smallest absolute Gasteiger partial charge is 0.251 e. The highest BCUT2D eigenvalue weighted by Gasteiger charge is 2.05. The minimum atomic E-state index is -0.118. The van der Waals surface area contributed by atoms with Gasteiger partial charge in [-0.2, -0.15) is 0 Å². The van der Waals surface area contributed by atoms with Crippen molar-refractivity contribution in [2.75, 3.05) is 7.05 Å². The van der Waals surface area contributed by atoms with Gasteiger partial charge in [0.1, 0.15) is 0 Å². The highest BCUT2D eigenvalue weighted by atomic mass is 16.1. The Bertz CT molecular complexity index is 602. The van der Waals surface area contributed by atoms with Crippen LogP contribution < -0.4 is 10.9 Å². The van der Waals surface area contributed by atoms with Gasteiger partial charge in [-0.15, -0.1) is 0 Å². The van der Waals surface area contributed by atoms with E-state index in [2.05, 4.69) is 10.3 Å². The molecular weight excluding hydrogens is 216 g/mol. The van der Waals surface area contributed by atoms with E-state index < -0.39 is 0 Å². The molecule has 0 fully saturated rings. The minimum absolute atomic E-state index is 0.0578. The molecule has 2 aromatic rings. The lowest BCUT2D eigenvalue weighted by Crippen LogP contribution is -2.20. The second kappa shape index (κ2) is 4.82. The molecule has 1 aromatic heterocycles. The number of aromatic nitrogens is 1. The number of H-pyrrole nitrogens is 1. The van der Waals surface area contributed by atoms with Gasteiger partial charge >= 0.3 is 0 Å². The lowest BCUT2D eigenvalue weighted by Gasteiger charge is -2.02. The first-order valence-corrected chi connectivity index (χ1v) is 5.52. The average molecular weight is 230 g/mol. The summed E-state index contributed by atoms with van der Waals surface area (Å²) in [5.74, 6) is -0.0578. The molecule has 0 atom stereocenters. The van der Waals surface area contributed by atoms with E-state index in [0.717, 1.165) is 10.9 Å². The van der Waals surface area contributed by atoms with Crippen LogP contribution in [0.4, 0.5) is 0 Å². The SMILES string of the molecule is CNC(=O)CCc1cc2ccccc2[nH]c1=O. The molecule has 1 aromatic carbocycles. The quantitative estimate of drug-likeness (QED) is 0.832. The second-order valence-electron chi connectivity index (χ2n) is 3.88. The predicted octanol–water partition coefficient (Wildman–Crippen LogP) is 1.21. The first-order valence-electron chi connectivity index (χ1n) is 5.52. The standard InChI is InChI=1S/C13H14N2O2/c1-14-12(16)7-6-10-8-9-4-2-3-5-11(9)15-13(10)17/h2-5,8H,6-7H2,1H3,(H,14,16)(H,15,17). The normalized spacial score (nSPS) is 10.4. The molecule has 0 saturated carbocycles. The lowest BCUT2D eigenvalue weighted by molar-refractivity contribution is -0.120. The summed E-state index contributed by atoms with van der Waals surface area (Å²) in [7, 11) is 1.59. The maximum atomic E-state index is 11.7. The van der Waals surface area contributed by atoms with Crippen LogP contribution >= 0.6 is 0 Å². The van der Waals surface area contributed by atoms with Crippen molar-refractivity contribution in [2.24, 2.45) is 0 Å². The van der Waals surface area contributed by atoms with E-state index in [0.29, 0.717) is 18.4 Å². The first kappa shape index (κ1) is 11.4. The molecule has 2 N–H and O–H groups in total. The molecule has 0 aliphatic heterocycles. The molecule has 0 spiro atoms. The summed E-state index contributed by atoms with van der Waals surface area (Å²) in [6, 6.07) is 9.44. The van der Waals surface area contributed by atoms with E-state index in [1.54, 1.807) is 7.05 Å². The number of amides is 1. The number of hydrogen-bond acceptors (Lipinski definition) is 2. The fraction of sp³-hybridized carbons (Fsp3) is 0.231. The Morgan fingerprint density at radius 3 is 2.88 bits per heavy atom. The van der Waals surface area contributed by atoms with E-state index >= 15 is 0 Å². The molecule has 2 rings (SSSR count). The van der Waals surface area contributed by atoms with Gasteiger partial charge in [-0.05, 0) is 23.9 Å². The van der Waals surface area contributed by atoms with E-state index in [-0.39, 0.29) is 11.5 Å². The van der Waals surface area contributed by atoms with Crippen molar-refractivity contribution < 1.29 is 4.79 Å². The van der Waals surface area contributed by atoms with Crippen LogP contribution in [0.5, 0.6) is 0 Å². The number of fused-ring (bicyclic) bond motifs is 1. The zero-order chi connectivity index (χ0) is 12.3. The van der Waals surface area contributed by atoms with Crippen LogP contribution in [0.2, 0.25) is 0 Å².